The first-order chi connectivity index (χ1) is 16.0. The Morgan fingerprint density at radius 3 is 2.47 bits per heavy atom. The van der Waals surface area contributed by atoms with Gasteiger partial charge in [0.05, 0.1) is 6.10 Å². The molecule has 7 atom stereocenters. The van der Waals surface area contributed by atoms with Gasteiger partial charge in [-0.2, -0.15) is 0 Å². The number of ketones is 1. The average Bonchev–Trinajstić information content (AvgIpc) is 2.77. The second-order valence-corrected chi connectivity index (χ2v) is 10.7. The van der Waals surface area contributed by atoms with Crippen LogP contribution < -0.4 is 5.73 Å². The van der Waals surface area contributed by atoms with Crippen molar-refractivity contribution in [2.45, 2.75) is 84.7 Å². The summed E-state index contributed by atoms with van der Waals surface area (Å²) < 4.78 is 0. The Morgan fingerprint density at radius 1 is 1.21 bits per heavy atom. The highest BCUT2D eigenvalue weighted by molar-refractivity contribution is 6.27. The van der Waals surface area contributed by atoms with Crippen LogP contribution in [-0.2, 0) is 19.2 Å². The molecule has 34 heavy (non-hydrogen) atoms. The van der Waals surface area contributed by atoms with Crippen LogP contribution in [0.3, 0.4) is 0 Å². The van der Waals surface area contributed by atoms with Crippen LogP contribution in [-0.4, -0.2) is 58.5 Å². The number of carbonyl (C=O) groups excluding carboxylic acids is 1. The maximum Gasteiger partial charge on any atom is 0.414 e. The van der Waals surface area contributed by atoms with Gasteiger partial charge in [0, 0.05) is 24.1 Å². The van der Waals surface area contributed by atoms with Gasteiger partial charge >= 0.3 is 11.9 Å². The number of carbonyl (C=O) groups is 3. The lowest BCUT2D eigenvalue weighted by Crippen LogP contribution is -2.56. The zero-order valence-corrected chi connectivity index (χ0v) is 20.7. The summed E-state index contributed by atoms with van der Waals surface area (Å²) in [5.74, 6) is -1.68. The van der Waals surface area contributed by atoms with Crippen molar-refractivity contribution in [2.24, 2.45) is 45.4 Å². The van der Waals surface area contributed by atoms with Crippen LogP contribution in [0.15, 0.2) is 5.16 Å². The van der Waals surface area contributed by atoms with Gasteiger partial charge in [-0.3, -0.25) is 4.79 Å². The van der Waals surface area contributed by atoms with Crippen molar-refractivity contribution in [3.05, 3.63) is 0 Å². The van der Waals surface area contributed by atoms with Gasteiger partial charge < -0.3 is 25.9 Å². The normalized spacial score (nSPS) is 37.2. The summed E-state index contributed by atoms with van der Waals surface area (Å²) in [6, 6.07) is 0. The van der Waals surface area contributed by atoms with E-state index in [1.165, 1.54) is 0 Å². The molecule has 0 aliphatic heterocycles. The second kappa shape index (κ2) is 12.1. The Hall–Kier alpha value is -2.00. The summed E-state index contributed by atoms with van der Waals surface area (Å²) in [5.41, 5.74) is 5.45. The van der Waals surface area contributed by atoms with Gasteiger partial charge in [-0.1, -0.05) is 32.3 Å². The zero-order chi connectivity index (χ0) is 25.5. The third kappa shape index (κ3) is 6.36. The van der Waals surface area contributed by atoms with Crippen LogP contribution in [0.2, 0.25) is 0 Å². The third-order valence-electron chi connectivity index (χ3n) is 8.55. The maximum absolute atomic E-state index is 13.4. The smallest absolute Gasteiger partial charge is 0.414 e. The summed E-state index contributed by atoms with van der Waals surface area (Å²) >= 11 is 0. The fraction of sp³-hybridized carbons (Fsp3) is 0.840. The molecular weight excluding hydrogens is 440 g/mol. The molecule has 0 heterocycles. The first-order valence-electron chi connectivity index (χ1n) is 12.5. The Morgan fingerprint density at radius 2 is 1.88 bits per heavy atom. The van der Waals surface area contributed by atoms with E-state index in [4.69, 9.17) is 30.4 Å². The molecule has 9 heteroatoms. The minimum absolute atomic E-state index is 0.111. The molecule has 5 N–H and O–H groups in total. The minimum atomic E-state index is -1.82. The Balaban J connectivity index is 0.000000604. The summed E-state index contributed by atoms with van der Waals surface area (Å²) in [6.45, 7) is 7.68. The molecule has 0 aromatic heterocycles. The third-order valence-corrected chi connectivity index (χ3v) is 8.55. The number of hydrogen-bond donors (Lipinski definition) is 4. The largest absolute Gasteiger partial charge is 0.473 e. The number of carboxylic acid groups (broad SMARTS) is 2. The fourth-order valence-electron chi connectivity index (χ4n) is 6.83. The molecule has 0 aromatic rings. The van der Waals surface area contributed by atoms with Crippen molar-refractivity contribution in [3.8, 4) is 0 Å². The molecule has 0 spiro atoms. The van der Waals surface area contributed by atoms with E-state index in [1.807, 2.05) is 0 Å². The highest BCUT2D eigenvalue weighted by Crippen LogP contribution is 2.61. The quantitative estimate of drug-likeness (QED) is 0.186. The van der Waals surface area contributed by atoms with Crippen LogP contribution in [0.5, 0.6) is 0 Å². The topological polar surface area (TPSA) is 160 Å². The number of aliphatic carboxylic acids is 2. The van der Waals surface area contributed by atoms with Gasteiger partial charge in [0.15, 0.2) is 0 Å². The van der Waals surface area contributed by atoms with Crippen molar-refractivity contribution in [1.82, 2.24) is 0 Å². The van der Waals surface area contributed by atoms with E-state index in [0.29, 0.717) is 30.8 Å². The van der Waals surface area contributed by atoms with Gasteiger partial charge in [-0.25, -0.2) is 9.59 Å². The number of aliphatic hydroxyl groups excluding tert-OH is 1. The number of nitrogens with two attached hydrogens (primary N) is 1. The van der Waals surface area contributed by atoms with E-state index >= 15 is 0 Å². The van der Waals surface area contributed by atoms with Crippen molar-refractivity contribution in [3.63, 3.8) is 0 Å². The maximum atomic E-state index is 13.4. The molecule has 2 unspecified atom stereocenters. The van der Waals surface area contributed by atoms with E-state index < -0.39 is 11.9 Å². The molecule has 3 fully saturated rings. The average molecular weight is 483 g/mol. The lowest BCUT2D eigenvalue weighted by Gasteiger charge is -2.59. The van der Waals surface area contributed by atoms with E-state index in [-0.39, 0.29) is 28.8 Å². The highest BCUT2D eigenvalue weighted by atomic mass is 16.6. The number of rotatable bonds is 7. The minimum Gasteiger partial charge on any atom is -0.473 e. The summed E-state index contributed by atoms with van der Waals surface area (Å²) in [6.07, 6.45) is 10.5. The first-order valence-corrected chi connectivity index (χ1v) is 12.5. The van der Waals surface area contributed by atoms with Gasteiger partial charge in [0.1, 0.15) is 12.4 Å². The first kappa shape index (κ1) is 28.2. The van der Waals surface area contributed by atoms with Crippen LogP contribution in [0.1, 0.15) is 78.6 Å². The van der Waals surface area contributed by atoms with Gasteiger partial charge in [0.2, 0.25) is 0 Å². The number of fused-ring (bicyclic) bond motifs is 3. The van der Waals surface area contributed by atoms with E-state index in [9.17, 15) is 9.90 Å². The fourth-order valence-corrected chi connectivity index (χ4v) is 6.83. The van der Waals surface area contributed by atoms with Crippen molar-refractivity contribution >= 4 is 23.9 Å². The second-order valence-electron chi connectivity index (χ2n) is 10.7. The molecule has 0 aromatic carbocycles. The van der Waals surface area contributed by atoms with E-state index in [2.05, 4.69) is 25.9 Å². The zero-order valence-electron chi connectivity index (χ0n) is 20.7. The standard InChI is InChI=1S/C23H40N2O3.C2H2O4/c1-4-9-22(2)10-7-19-18(21(22)27)6-5-17-14-20(26)16(15-23(17,19)3)8-12-25-28-13-11-24;3-1(4)2(5)6/h12,16-20,26H,4-11,13-15,24H2,1-3H3;(H,3,4)(H,5,6)/b25-12+;/t16?,17?,18-,19+,20-,22+,23+;/m1./s1. The Labute approximate surface area is 202 Å². The predicted octanol–water partition coefficient (Wildman–Crippen LogP) is 3.08. The van der Waals surface area contributed by atoms with Crippen molar-refractivity contribution < 1.29 is 34.5 Å². The Kier molecular flexibility index (Phi) is 10.1. The number of carboxylic acids is 2. The molecule has 3 rings (SSSR count). The lowest BCUT2D eigenvalue weighted by atomic mass is 9.45. The SMILES string of the molecule is CCC[C@@]1(C)CC[C@H]2[C@@H](CCC3C[C@@H](O)C(C/C=N/OCCN)C[C@@]32C)C1=O.O=C(O)C(=O)O. The predicted molar refractivity (Wildman–Crippen MR) is 127 cm³/mol. The number of nitrogens with zero attached hydrogens (tertiary/aromatic N) is 1. The summed E-state index contributed by atoms with van der Waals surface area (Å²) in [4.78, 5) is 36.7. The molecule has 0 amide bonds. The molecule has 194 valence electrons. The van der Waals surface area contributed by atoms with Gasteiger partial charge in [-0.05, 0) is 74.5 Å². The Bertz CT molecular complexity index is 746. The van der Waals surface area contributed by atoms with E-state index in [0.717, 1.165) is 57.8 Å². The number of aliphatic hydroxyl groups is 1. The molecule has 3 aliphatic rings. The van der Waals surface area contributed by atoms with Gasteiger partial charge in [-0.15, -0.1) is 0 Å². The molecule has 0 radical (unpaired) electrons. The molecule has 0 bridgehead atoms. The number of oxime groups is 1. The van der Waals surface area contributed by atoms with Crippen molar-refractivity contribution in [2.75, 3.05) is 13.2 Å². The molecule has 0 saturated heterocycles. The van der Waals surface area contributed by atoms with Crippen molar-refractivity contribution in [1.29, 1.82) is 0 Å². The van der Waals surface area contributed by atoms with Crippen LogP contribution >= 0.6 is 0 Å². The molecule has 3 saturated carbocycles. The summed E-state index contributed by atoms with van der Waals surface area (Å²) in [5, 5.41) is 29.5. The molecular formula is C25H42N2O7. The number of Topliss-reactive ketones (excluding diaryl/α,β-unsaturated/α-hetero) is 1. The van der Waals surface area contributed by atoms with E-state index in [1.54, 1.807) is 6.21 Å². The number of hydrogen-bond acceptors (Lipinski definition) is 7. The highest BCUT2D eigenvalue weighted by Gasteiger charge is 2.57. The van der Waals surface area contributed by atoms with Crippen LogP contribution in [0.25, 0.3) is 0 Å². The van der Waals surface area contributed by atoms with Crippen LogP contribution in [0.4, 0.5) is 0 Å². The summed E-state index contributed by atoms with van der Waals surface area (Å²) in [7, 11) is 0. The monoisotopic (exact) mass is 482 g/mol. The van der Waals surface area contributed by atoms with Gasteiger partial charge in [0.25, 0.3) is 0 Å². The lowest BCUT2D eigenvalue weighted by molar-refractivity contribution is -0.159. The molecule has 3 aliphatic carbocycles. The van der Waals surface area contributed by atoms with Crippen LogP contribution in [0, 0.1) is 34.5 Å². The molecule has 9 nitrogen and oxygen atoms in total.